The van der Waals surface area contributed by atoms with Gasteiger partial charge in [-0.05, 0) is 18.2 Å². The van der Waals surface area contributed by atoms with Crippen molar-refractivity contribution in [2.75, 3.05) is 6.61 Å². The van der Waals surface area contributed by atoms with Crippen molar-refractivity contribution in [1.29, 1.82) is 16.1 Å². The zero-order valence-electron chi connectivity index (χ0n) is 16.6. The molecule has 0 spiro atoms. The molecule has 8 N–H and O–H groups in total. The molecule has 0 bridgehead atoms. The summed E-state index contributed by atoms with van der Waals surface area (Å²) in [6, 6.07) is 1.60. The van der Waals surface area contributed by atoms with Crippen LogP contribution in [0.2, 0.25) is 0 Å². The maximum absolute atomic E-state index is 13.4. The van der Waals surface area contributed by atoms with Crippen LogP contribution in [-0.4, -0.2) is 62.5 Å². The summed E-state index contributed by atoms with van der Waals surface area (Å²) in [6.45, 7) is -0.653. The molecule has 0 radical (unpaired) electrons. The molecule has 2 rings (SSSR count). The second-order valence-corrected chi connectivity index (χ2v) is 8.26. The first-order valence-corrected chi connectivity index (χ1v) is 10.4. The maximum atomic E-state index is 13.4. The molecule has 0 aromatic heterocycles. The van der Waals surface area contributed by atoms with Crippen molar-refractivity contribution in [3.63, 3.8) is 0 Å². The minimum atomic E-state index is -1.66. The molecule has 1 aromatic carbocycles. The van der Waals surface area contributed by atoms with E-state index in [0.29, 0.717) is 23.9 Å². The van der Waals surface area contributed by atoms with Crippen molar-refractivity contribution in [2.24, 2.45) is 5.73 Å². The van der Waals surface area contributed by atoms with Crippen LogP contribution in [0.5, 0.6) is 0 Å². The van der Waals surface area contributed by atoms with E-state index >= 15 is 0 Å². The van der Waals surface area contributed by atoms with Crippen molar-refractivity contribution in [3.05, 3.63) is 52.5 Å². The molecule has 5 atom stereocenters. The Morgan fingerprint density at radius 3 is 2.42 bits per heavy atom. The Bertz CT molecular complexity index is 1010. The number of thioether (sulfide) groups is 1. The van der Waals surface area contributed by atoms with E-state index in [4.69, 9.17) is 38.2 Å². The van der Waals surface area contributed by atoms with E-state index in [-0.39, 0.29) is 21.3 Å². The summed E-state index contributed by atoms with van der Waals surface area (Å²) >= 11 is 6.36. The normalized spacial score (nSPS) is 25.9. The molecule has 9 nitrogen and oxygen atoms in total. The predicted octanol–water partition coefficient (Wildman–Crippen LogP) is 1.13. The van der Waals surface area contributed by atoms with Crippen molar-refractivity contribution < 1.29 is 33.2 Å². The van der Waals surface area contributed by atoms with Gasteiger partial charge in [0.15, 0.2) is 23.2 Å². The summed E-state index contributed by atoms with van der Waals surface area (Å²) in [4.78, 5) is 0. The number of allylic oxidation sites excluding steroid dienone is 1. The summed E-state index contributed by atoms with van der Waals surface area (Å²) in [7, 11) is 0. The maximum Gasteiger partial charge on any atom is 0.194 e. The fourth-order valence-corrected chi connectivity index (χ4v) is 3.93. The lowest BCUT2D eigenvalue weighted by molar-refractivity contribution is -0.164. The Balaban J connectivity index is 2.21. The Hall–Kier alpha value is -2.60. The van der Waals surface area contributed by atoms with E-state index in [1.165, 1.54) is 6.07 Å². The number of nitrogens with zero attached hydrogens (tertiary/aromatic N) is 1. The minimum absolute atomic E-state index is 0.207. The summed E-state index contributed by atoms with van der Waals surface area (Å²) in [6.07, 6.45) is -2.14. The van der Waals surface area contributed by atoms with E-state index in [1.807, 2.05) is 0 Å². The number of rotatable bonds is 7. The van der Waals surface area contributed by atoms with Crippen molar-refractivity contribution in [3.8, 4) is 6.07 Å². The van der Waals surface area contributed by atoms with E-state index in [1.54, 1.807) is 0 Å². The van der Waals surface area contributed by atoms with Crippen molar-refractivity contribution in [1.82, 2.24) is 5.32 Å². The van der Waals surface area contributed by atoms with Crippen LogP contribution in [0.1, 0.15) is 5.56 Å². The highest BCUT2D eigenvalue weighted by atomic mass is 35.5. The van der Waals surface area contributed by atoms with Crippen LogP contribution in [0.3, 0.4) is 0 Å². The van der Waals surface area contributed by atoms with Gasteiger partial charge in [-0.3, -0.25) is 10.8 Å². The SMILES string of the molecule is N#CC(=N)/C(Cl)=C\C(=N)SC1OC(CO)C(O)C(N/C=C(\N)c2cc(F)c(F)c(F)c2)C1O. The molecule has 0 saturated carbocycles. The largest absolute Gasteiger partial charge is 0.397 e. The minimum Gasteiger partial charge on any atom is -0.397 e. The number of hydrogen-bond acceptors (Lipinski definition) is 10. The number of halogens is 4. The number of nitriles is 1. The number of nitrogens with two attached hydrogens (primary N) is 1. The van der Waals surface area contributed by atoms with Gasteiger partial charge in [-0.2, -0.15) is 5.26 Å². The molecule has 178 valence electrons. The lowest BCUT2D eigenvalue weighted by atomic mass is 9.97. The van der Waals surface area contributed by atoms with Crippen LogP contribution in [0, 0.1) is 39.6 Å². The fraction of sp³-hybridized carbons (Fsp3) is 0.316. The van der Waals surface area contributed by atoms with Crippen molar-refractivity contribution in [2.45, 2.75) is 29.8 Å². The van der Waals surface area contributed by atoms with E-state index in [0.717, 1.165) is 12.3 Å². The van der Waals surface area contributed by atoms with Crippen LogP contribution in [0.15, 0.2) is 29.4 Å². The first kappa shape index (κ1) is 26.7. The van der Waals surface area contributed by atoms with Gasteiger partial charge in [0, 0.05) is 11.8 Å². The van der Waals surface area contributed by atoms with Gasteiger partial charge in [-0.25, -0.2) is 13.2 Å². The van der Waals surface area contributed by atoms with Gasteiger partial charge in [0.05, 0.1) is 28.4 Å². The lowest BCUT2D eigenvalue weighted by Gasteiger charge is -2.42. The summed E-state index contributed by atoms with van der Waals surface area (Å²) in [5, 5.41) is 56.4. The molecular formula is C19H19ClF3N5O4S. The molecule has 0 aliphatic carbocycles. The fourth-order valence-electron chi connectivity index (χ4n) is 2.77. The summed E-state index contributed by atoms with van der Waals surface area (Å²) < 4.78 is 45.4. The van der Waals surface area contributed by atoms with Crippen LogP contribution in [0.4, 0.5) is 13.2 Å². The van der Waals surface area contributed by atoms with Crippen LogP contribution >= 0.6 is 23.4 Å². The molecule has 1 heterocycles. The zero-order valence-corrected chi connectivity index (χ0v) is 18.2. The topological polar surface area (TPSA) is 179 Å². The van der Waals surface area contributed by atoms with E-state index in [2.05, 4.69) is 5.32 Å². The third-order valence-electron chi connectivity index (χ3n) is 4.48. The highest BCUT2D eigenvalue weighted by Gasteiger charge is 2.44. The summed E-state index contributed by atoms with van der Waals surface area (Å²) in [5.41, 5.74) is 3.52. The number of aliphatic hydroxyl groups excluding tert-OH is 3. The lowest BCUT2D eigenvalue weighted by Crippen LogP contribution is -2.62. The van der Waals surface area contributed by atoms with E-state index in [9.17, 15) is 28.5 Å². The Morgan fingerprint density at radius 1 is 1.27 bits per heavy atom. The van der Waals surface area contributed by atoms with Gasteiger partial charge < -0.3 is 31.1 Å². The molecule has 1 aromatic rings. The van der Waals surface area contributed by atoms with Gasteiger partial charge in [0.1, 0.15) is 29.8 Å². The second-order valence-electron chi connectivity index (χ2n) is 6.71. The van der Waals surface area contributed by atoms with Crippen LogP contribution in [-0.2, 0) is 4.74 Å². The molecule has 1 aliphatic heterocycles. The Labute approximate surface area is 195 Å². The molecule has 33 heavy (non-hydrogen) atoms. The Morgan fingerprint density at radius 2 is 1.88 bits per heavy atom. The highest BCUT2D eigenvalue weighted by molar-refractivity contribution is 8.14. The number of nitrogens with one attached hydrogen (secondary N) is 3. The molecule has 0 amide bonds. The molecule has 1 fully saturated rings. The zero-order chi connectivity index (χ0) is 24.9. The standard InChI is InChI=1S/C19H19ClF3N5O4S/c20-8(11(25)4-24)3-14(27)33-19-18(31)16(17(30)13(6-29)32-19)28-5-12(26)7-1-9(21)15(23)10(22)2-7/h1-3,5,13,16-19,25,27-31H,6,26H2/b8-3+,12-5-,25-11?,27-14?. The number of benzene rings is 1. The number of hydrogen-bond donors (Lipinski definition) is 7. The molecule has 14 heteroatoms. The van der Waals surface area contributed by atoms with Crippen molar-refractivity contribution >= 4 is 39.8 Å². The van der Waals surface area contributed by atoms with Gasteiger partial charge in [-0.15, -0.1) is 0 Å². The van der Waals surface area contributed by atoms with Gasteiger partial charge in [0.25, 0.3) is 0 Å². The number of ether oxygens (including phenoxy) is 1. The molecule has 1 saturated heterocycles. The monoisotopic (exact) mass is 505 g/mol. The van der Waals surface area contributed by atoms with Gasteiger partial charge >= 0.3 is 0 Å². The van der Waals surface area contributed by atoms with Crippen LogP contribution in [0.25, 0.3) is 5.70 Å². The van der Waals surface area contributed by atoms with Gasteiger partial charge in [0.2, 0.25) is 0 Å². The first-order valence-electron chi connectivity index (χ1n) is 9.10. The van der Waals surface area contributed by atoms with E-state index < -0.39 is 59.6 Å². The Kier molecular flexibility index (Phi) is 9.29. The quantitative estimate of drug-likeness (QED) is 0.164. The molecular weight excluding hydrogens is 487 g/mol. The predicted molar refractivity (Wildman–Crippen MR) is 116 cm³/mol. The number of aliphatic hydroxyl groups is 3. The molecule has 5 unspecified atom stereocenters. The highest BCUT2D eigenvalue weighted by Crippen LogP contribution is 2.30. The third kappa shape index (κ3) is 6.47. The average Bonchev–Trinajstić information content (AvgIpc) is 2.77. The second kappa shape index (κ2) is 11.5. The van der Waals surface area contributed by atoms with Gasteiger partial charge in [-0.1, -0.05) is 23.4 Å². The first-order chi connectivity index (χ1) is 15.5. The van der Waals surface area contributed by atoms with Crippen LogP contribution < -0.4 is 11.1 Å². The smallest absolute Gasteiger partial charge is 0.194 e. The summed E-state index contributed by atoms with van der Waals surface area (Å²) in [5.74, 6) is -4.58. The third-order valence-corrected chi connectivity index (χ3v) is 5.78. The molecule has 1 aliphatic rings. The average molecular weight is 506 g/mol.